The third-order valence-corrected chi connectivity index (χ3v) is 10.5. The molecule has 57 heavy (non-hydrogen) atoms. The van der Waals surface area contributed by atoms with Crippen molar-refractivity contribution >= 4 is 46.3 Å². The van der Waals surface area contributed by atoms with Crippen LogP contribution in [0.5, 0.6) is 0 Å². The van der Waals surface area contributed by atoms with E-state index in [-0.39, 0.29) is 41.8 Å². The number of anilines is 1. The van der Waals surface area contributed by atoms with Crippen molar-refractivity contribution in [2.75, 3.05) is 18.4 Å². The number of H-pyrrole nitrogens is 2. The van der Waals surface area contributed by atoms with E-state index < -0.39 is 35.6 Å². The van der Waals surface area contributed by atoms with Gasteiger partial charge in [-0.3, -0.25) is 39.2 Å². The first-order valence-electron chi connectivity index (χ1n) is 19.6. The van der Waals surface area contributed by atoms with E-state index in [0.717, 1.165) is 54.4 Å². The average molecular weight is 781 g/mol. The van der Waals surface area contributed by atoms with Crippen LogP contribution in [0.4, 0.5) is 10.5 Å². The van der Waals surface area contributed by atoms with E-state index in [4.69, 9.17) is 4.74 Å². The summed E-state index contributed by atoms with van der Waals surface area (Å²) in [6.07, 6.45) is 6.49. The summed E-state index contributed by atoms with van der Waals surface area (Å²) < 4.78 is 5.35. The summed E-state index contributed by atoms with van der Waals surface area (Å²) in [5.41, 5.74) is 3.74. The summed E-state index contributed by atoms with van der Waals surface area (Å²) in [5.74, 6) is -0.764. The number of carbonyl (C=O) groups is 5. The minimum Gasteiger partial charge on any atom is -0.444 e. The molecule has 0 spiro atoms. The molecule has 3 heterocycles. The lowest BCUT2D eigenvalue weighted by Crippen LogP contribution is -2.50. The molecule has 1 aliphatic carbocycles. The van der Waals surface area contributed by atoms with Crippen molar-refractivity contribution in [3.8, 4) is 11.1 Å². The van der Waals surface area contributed by atoms with E-state index in [1.165, 1.54) is 0 Å². The van der Waals surface area contributed by atoms with Crippen LogP contribution in [0.3, 0.4) is 0 Å². The van der Waals surface area contributed by atoms with Crippen LogP contribution in [0.25, 0.3) is 22.0 Å². The molecule has 2 aromatic carbocycles. The molecule has 5 amide bonds. The highest BCUT2D eigenvalue weighted by Gasteiger charge is 2.28. The smallest absolute Gasteiger partial charge is 0.407 e. The first-order chi connectivity index (χ1) is 27.2. The minimum absolute atomic E-state index is 0.152. The highest BCUT2D eigenvalue weighted by molar-refractivity contribution is 5.99. The molecule has 1 saturated carbocycles. The largest absolute Gasteiger partial charge is 0.444 e. The van der Waals surface area contributed by atoms with Crippen molar-refractivity contribution in [2.45, 2.75) is 96.7 Å². The van der Waals surface area contributed by atoms with Gasteiger partial charge < -0.3 is 31.3 Å². The molecule has 2 aliphatic rings. The Kier molecular flexibility index (Phi) is 12.7. The van der Waals surface area contributed by atoms with Gasteiger partial charge in [0.05, 0.1) is 10.9 Å². The second-order valence-electron chi connectivity index (χ2n) is 16.2. The first-order valence-corrected chi connectivity index (χ1v) is 19.6. The van der Waals surface area contributed by atoms with E-state index in [9.17, 15) is 28.8 Å². The van der Waals surface area contributed by atoms with Gasteiger partial charge in [-0.25, -0.2) is 4.79 Å². The third kappa shape index (κ3) is 11.1. The zero-order valence-corrected chi connectivity index (χ0v) is 32.9. The van der Waals surface area contributed by atoms with Crippen LogP contribution in [0.15, 0.2) is 59.5 Å². The number of pyridine rings is 1. The summed E-state index contributed by atoms with van der Waals surface area (Å²) in [5, 5.41) is 20.1. The summed E-state index contributed by atoms with van der Waals surface area (Å²) in [6, 6.07) is 12.8. The molecule has 0 bridgehead atoms. The Hall–Kier alpha value is -5.99. The Morgan fingerprint density at radius 3 is 2.37 bits per heavy atom. The number of fused-ring (bicyclic) bond motifs is 1. The number of rotatable bonds is 12. The average Bonchev–Trinajstić information content (AvgIpc) is 3.54. The maximum absolute atomic E-state index is 13.8. The molecule has 2 aromatic heterocycles. The van der Waals surface area contributed by atoms with Crippen molar-refractivity contribution < 1.29 is 28.7 Å². The molecular formula is C42H52N8O7. The molecule has 1 aliphatic heterocycles. The molecule has 7 N–H and O–H groups in total. The zero-order chi connectivity index (χ0) is 40.7. The molecule has 302 valence electrons. The van der Waals surface area contributed by atoms with Crippen molar-refractivity contribution in [1.29, 1.82) is 0 Å². The van der Waals surface area contributed by atoms with E-state index in [1.54, 1.807) is 30.5 Å². The molecule has 1 saturated heterocycles. The number of ether oxygens (including phenoxy) is 1. The lowest BCUT2D eigenvalue weighted by atomic mass is 9.80. The molecule has 6 rings (SSSR count). The third-order valence-electron chi connectivity index (χ3n) is 10.5. The van der Waals surface area contributed by atoms with Crippen LogP contribution in [-0.2, 0) is 25.5 Å². The Bertz CT molecular complexity index is 2160. The number of aromatic amines is 2. The number of nitrogens with one attached hydrogen (secondary N) is 7. The standard InChI is InChI=1S/C42H52N8O7/c1-24-18-34(39(54)48-32-6-5-17-43-38(32)53)44-23-31(24)28-13-11-25(12-14-28)19-35(40(55)46-29-15-16-30-33(21-29)49-50-37(30)52)47-36(51)20-26-7-9-27(10-8-26)22-45-41(56)57-42(2,3)4/h11-16,18,21,23,26-27,32,35H,5-10,17,19-20,22H2,1-4H3,(H,43,53)(H,45,56)(H,46,55)(H,47,51)(H,48,54)(H2,49,50,52). The Morgan fingerprint density at radius 2 is 1.67 bits per heavy atom. The number of alkyl carbamates (subject to hydrolysis) is 1. The van der Waals surface area contributed by atoms with Crippen molar-refractivity contribution in [3.63, 3.8) is 0 Å². The zero-order valence-electron chi connectivity index (χ0n) is 32.9. The number of hydrogen-bond acceptors (Lipinski definition) is 8. The summed E-state index contributed by atoms with van der Waals surface area (Å²) in [7, 11) is 0. The number of hydrogen-bond donors (Lipinski definition) is 7. The van der Waals surface area contributed by atoms with Gasteiger partial charge in [0, 0.05) is 43.4 Å². The number of nitrogens with zero attached hydrogens (tertiary/aromatic N) is 1. The second-order valence-corrected chi connectivity index (χ2v) is 16.2. The molecule has 15 heteroatoms. The number of aromatic nitrogens is 3. The van der Waals surface area contributed by atoms with Crippen LogP contribution in [0.2, 0.25) is 0 Å². The minimum atomic E-state index is -0.897. The van der Waals surface area contributed by atoms with Crippen molar-refractivity contribution in [2.24, 2.45) is 11.8 Å². The van der Waals surface area contributed by atoms with E-state index in [2.05, 4.69) is 41.8 Å². The lowest BCUT2D eigenvalue weighted by Gasteiger charge is -2.29. The van der Waals surface area contributed by atoms with Gasteiger partial charge >= 0.3 is 6.09 Å². The number of carbonyl (C=O) groups excluding carboxylic acids is 5. The summed E-state index contributed by atoms with van der Waals surface area (Å²) in [4.78, 5) is 80.8. The van der Waals surface area contributed by atoms with Crippen LogP contribution >= 0.6 is 0 Å². The molecule has 2 fully saturated rings. The van der Waals surface area contributed by atoms with Gasteiger partial charge in [0.15, 0.2) is 0 Å². The summed E-state index contributed by atoms with van der Waals surface area (Å²) >= 11 is 0. The van der Waals surface area contributed by atoms with Gasteiger partial charge in [-0.05, 0) is 119 Å². The van der Waals surface area contributed by atoms with Crippen molar-refractivity contribution in [1.82, 2.24) is 36.4 Å². The fraction of sp³-hybridized carbons (Fsp3) is 0.452. The summed E-state index contributed by atoms with van der Waals surface area (Å²) in [6.45, 7) is 8.49. The van der Waals surface area contributed by atoms with E-state index in [1.807, 2.05) is 52.0 Å². The van der Waals surface area contributed by atoms with Crippen LogP contribution in [0.1, 0.15) is 87.3 Å². The van der Waals surface area contributed by atoms with Gasteiger partial charge in [-0.2, -0.15) is 0 Å². The number of amides is 5. The Morgan fingerprint density at radius 1 is 0.930 bits per heavy atom. The predicted molar refractivity (Wildman–Crippen MR) is 215 cm³/mol. The van der Waals surface area contributed by atoms with Gasteiger partial charge in [0.25, 0.3) is 11.5 Å². The van der Waals surface area contributed by atoms with Crippen LogP contribution in [0, 0.1) is 18.8 Å². The molecular weight excluding hydrogens is 729 g/mol. The maximum Gasteiger partial charge on any atom is 0.407 e. The van der Waals surface area contributed by atoms with Gasteiger partial charge in [-0.1, -0.05) is 24.3 Å². The Labute approximate surface area is 330 Å². The lowest BCUT2D eigenvalue weighted by molar-refractivity contribution is -0.127. The SMILES string of the molecule is Cc1cc(C(=O)NC2CCCNC2=O)ncc1-c1ccc(CC(NC(=O)CC2CCC(CNC(=O)OC(C)(C)C)CC2)C(=O)Nc2ccc3c(=O)[nH][nH]c3c2)cc1. The molecule has 4 aromatic rings. The molecule has 0 radical (unpaired) electrons. The molecule has 2 unspecified atom stereocenters. The highest BCUT2D eigenvalue weighted by Crippen LogP contribution is 2.31. The predicted octanol–water partition coefficient (Wildman–Crippen LogP) is 4.62. The fourth-order valence-corrected chi connectivity index (χ4v) is 7.43. The fourth-order valence-electron chi connectivity index (χ4n) is 7.43. The van der Waals surface area contributed by atoms with Gasteiger partial charge in [-0.15, -0.1) is 0 Å². The number of benzene rings is 2. The first kappa shape index (κ1) is 40.7. The normalized spacial score (nSPS) is 18.9. The van der Waals surface area contributed by atoms with Crippen molar-refractivity contribution in [3.05, 3.63) is 81.9 Å². The van der Waals surface area contributed by atoms with Crippen LogP contribution in [-0.4, -0.2) is 75.7 Å². The molecule has 2 atom stereocenters. The second kappa shape index (κ2) is 17.9. The topological polar surface area (TPSA) is 216 Å². The number of piperidine rings is 1. The monoisotopic (exact) mass is 780 g/mol. The van der Waals surface area contributed by atoms with E-state index >= 15 is 0 Å². The Balaban J connectivity index is 1.09. The quantitative estimate of drug-likeness (QED) is 0.107. The molecule has 15 nitrogen and oxygen atoms in total. The maximum atomic E-state index is 13.8. The highest BCUT2D eigenvalue weighted by atomic mass is 16.6. The van der Waals surface area contributed by atoms with E-state index in [0.29, 0.717) is 42.0 Å². The number of aryl methyl sites for hydroxylation is 1. The van der Waals surface area contributed by atoms with Gasteiger partial charge in [0.2, 0.25) is 17.7 Å². The van der Waals surface area contributed by atoms with Gasteiger partial charge in [0.1, 0.15) is 23.4 Å². The van der Waals surface area contributed by atoms with Crippen LogP contribution < -0.4 is 32.1 Å².